The SMILES string of the molecule is CCCCN(CCO)CC1CCCC(C)(C)C1N. The van der Waals surface area contributed by atoms with Crippen molar-refractivity contribution in [3.05, 3.63) is 0 Å². The van der Waals surface area contributed by atoms with Crippen molar-refractivity contribution in [2.24, 2.45) is 17.1 Å². The lowest BCUT2D eigenvalue weighted by atomic mass is 9.68. The maximum absolute atomic E-state index is 9.16. The van der Waals surface area contributed by atoms with Crippen LogP contribution in [0, 0.1) is 11.3 Å². The molecule has 0 aromatic rings. The van der Waals surface area contributed by atoms with E-state index in [9.17, 15) is 0 Å². The molecule has 1 fully saturated rings. The first-order chi connectivity index (χ1) is 8.51. The van der Waals surface area contributed by atoms with Crippen molar-refractivity contribution in [3.63, 3.8) is 0 Å². The Morgan fingerprint density at radius 2 is 2.06 bits per heavy atom. The molecule has 0 bridgehead atoms. The number of aliphatic hydroxyl groups is 1. The fourth-order valence-electron chi connectivity index (χ4n) is 3.16. The first-order valence-electron chi connectivity index (χ1n) is 7.60. The van der Waals surface area contributed by atoms with Crippen molar-refractivity contribution in [2.75, 3.05) is 26.2 Å². The quantitative estimate of drug-likeness (QED) is 0.734. The predicted molar refractivity (Wildman–Crippen MR) is 77.5 cm³/mol. The van der Waals surface area contributed by atoms with Crippen LogP contribution >= 0.6 is 0 Å². The Morgan fingerprint density at radius 1 is 1.33 bits per heavy atom. The number of nitrogens with zero attached hydrogens (tertiary/aromatic N) is 1. The summed E-state index contributed by atoms with van der Waals surface area (Å²) in [4.78, 5) is 2.40. The third-order valence-corrected chi connectivity index (χ3v) is 4.54. The van der Waals surface area contributed by atoms with Crippen LogP contribution in [0.2, 0.25) is 0 Å². The summed E-state index contributed by atoms with van der Waals surface area (Å²) in [6.07, 6.45) is 6.22. The molecule has 3 N–H and O–H groups in total. The molecule has 0 radical (unpaired) electrons. The second kappa shape index (κ2) is 7.46. The lowest BCUT2D eigenvalue weighted by Crippen LogP contribution is -2.50. The fraction of sp³-hybridized carbons (Fsp3) is 1.00. The molecule has 3 heteroatoms. The second-order valence-electron chi connectivity index (χ2n) is 6.54. The molecule has 0 aliphatic heterocycles. The largest absolute Gasteiger partial charge is 0.395 e. The van der Waals surface area contributed by atoms with Gasteiger partial charge in [-0.2, -0.15) is 0 Å². The van der Waals surface area contributed by atoms with Crippen LogP contribution in [0.15, 0.2) is 0 Å². The van der Waals surface area contributed by atoms with Gasteiger partial charge in [0.1, 0.15) is 0 Å². The second-order valence-corrected chi connectivity index (χ2v) is 6.54. The first-order valence-corrected chi connectivity index (χ1v) is 7.60. The van der Waals surface area contributed by atoms with Crippen LogP contribution in [0.3, 0.4) is 0 Å². The van der Waals surface area contributed by atoms with E-state index in [1.165, 1.54) is 32.1 Å². The number of aliphatic hydroxyl groups excluding tert-OH is 1. The molecule has 1 aliphatic rings. The van der Waals surface area contributed by atoms with Crippen LogP contribution in [0.1, 0.15) is 52.9 Å². The Bertz CT molecular complexity index is 231. The summed E-state index contributed by atoms with van der Waals surface area (Å²) in [5, 5.41) is 9.16. The molecule has 1 saturated carbocycles. The zero-order chi connectivity index (χ0) is 13.6. The van der Waals surface area contributed by atoms with Gasteiger partial charge in [-0.1, -0.05) is 33.6 Å². The molecule has 2 unspecified atom stereocenters. The molecule has 108 valence electrons. The zero-order valence-corrected chi connectivity index (χ0v) is 12.5. The minimum atomic E-state index is 0.259. The lowest BCUT2D eigenvalue weighted by Gasteiger charge is -2.43. The average molecular weight is 256 g/mol. The van der Waals surface area contributed by atoms with Gasteiger partial charge < -0.3 is 15.7 Å². The molecule has 2 atom stereocenters. The van der Waals surface area contributed by atoms with E-state index in [-0.39, 0.29) is 12.0 Å². The van der Waals surface area contributed by atoms with E-state index >= 15 is 0 Å². The van der Waals surface area contributed by atoms with Gasteiger partial charge in [-0.3, -0.25) is 0 Å². The van der Waals surface area contributed by atoms with E-state index in [1.807, 2.05) is 0 Å². The number of hydrogen-bond acceptors (Lipinski definition) is 3. The summed E-state index contributed by atoms with van der Waals surface area (Å²) in [7, 11) is 0. The molecule has 0 saturated heterocycles. The predicted octanol–water partition coefficient (Wildman–Crippen LogP) is 2.23. The molecule has 0 aromatic heterocycles. The maximum Gasteiger partial charge on any atom is 0.0558 e. The molecule has 3 nitrogen and oxygen atoms in total. The Labute approximate surface area is 113 Å². The fourth-order valence-corrected chi connectivity index (χ4v) is 3.16. The smallest absolute Gasteiger partial charge is 0.0558 e. The first kappa shape index (κ1) is 15.9. The van der Waals surface area contributed by atoms with E-state index < -0.39 is 0 Å². The van der Waals surface area contributed by atoms with Crippen molar-refractivity contribution >= 4 is 0 Å². The molecule has 0 spiro atoms. The van der Waals surface area contributed by atoms with Gasteiger partial charge >= 0.3 is 0 Å². The topological polar surface area (TPSA) is 49.5 Å². The van der Waals surface area contributed by atoms with Crippen LogP contribution in [-0.2, 0) is 0 Å². The minimum Gasteiger partial charge on any atom is -0.395 e. The van der Waals surface area contributed by atoms with Crippen LogP contribution in [-0.4, -0.2) is 42.3 Å². The molecule has 1 rings (SSSR count). The van der Waals surface area contributed by atoms with Crippen LogP contribution in [0.4, 0.5) is 0 Å². The summed E-state index contributed by atoms with van der Waals surface area (Å²) in [6, 6.07) is 0.300. The minimum absolute atomic E-state index is 0.259. The van der Waals surface area contributed by atoms with E-state index in [0.29, 0.717) is 12.0 Å². The third-order valence-electron chi connectivity index (χ3n) is 4.54. The molecule has 1 aliphatic carbocycles. The average Bonchev–Trinajstić information content (AvgIpc) is 2.32. The van der Waals surface area contributed by atoms with E-state index in [0.717, 1.165) is 19.6 Å². The molecule has 0 amide bonds. The number of unbranched alkanes of at least 4 members (excludes halogenated alkanes) is 1. The van der Waals surface area contributed by atoms with Gasteiger partial charge in [-0.05, 0) is 37.1 Å². The van der Waals surface area contributed by atoms with Gasteiger partial charge in [0.15, 0.2) is 0 Å². The van der Waals surface area contributed by atoms with Gasteiger partial charge in [0.05, 0.1) is 6.61 Å². The van der Waals surface area contributed by atoms with Crippen LogP contribution in [0.5, 0.6) is 0 Å². The van der Waals surface area contributed by atoms with Gasteiger partial charge in [-0.15, -0.1) is 0 Å². The number of rotatable bonds is 7. The molecular weight excluding hydrogens is 224 g/mol. The van der Waals surface area contributed by atoms with E-state index in [4.69, 9.17) is 10.8 Å². The van der Waals surface area contributed by atoms with Crippen LogP contribution < -0.4 is 5.73 Å². The van der Waals surface area contributed by atoms with Gasteiger partial charge in [0.2, 0.25) is 0 Å². The van der Waals surface area contributed by atoms with Crippen molar-refractivity contribution in [1.29, 1.82) is 0 Å². The summed E-state index contributed by atoms with van der Waals surface area (Å²) in [5.74, 6) is 0.595. The number of nitrogens with two attached hydrogens (primary N) is 1. The Hall–Kier alpha value is -0.120. The van der Waals surface area contributed by atoms with E-state index in [1.54, 1.807) is 0 Å². The van der Waals surface area contributed by atoms with E-state index in [2.05, 4.69) is 25.7 Å². The highest BCUT2D eigenvalue weighted by Crippen LogP contribution is 2.37. The Kier molecular flexibility index (Phi) is 6.61. The highest BCUT2D eigenvalue weighted by atomic mass is 16.3. The summed E-state index contributed by atoms with van der Waals surface area (Å²) in [6.45, 7) is 10.0. The number of hydrogen-bond donors (Lipinski definition) is 2. The molecule has 18 heavy (non-hydrogen) atoms. The third kappa shape index (κ3) is 4.52. The molecule has 0 heterocycles. The van der Waals surface area contributed by atoms with Gasteiger partial charge in [0, 0.05) is 19.1 Å². The van der Waals surface area contributed by atoms with Gasteiger partial charge in [-0.25, -0.2) is 0 Å². The Balaban J connectivity index is 2.51. The lowest BCUT2D eigenvalue weighted by molar-refractivity contribution is 0.0927. The summed E-state index contributed by atoms with van der Waals surface area (Å²) < 4.78 is 0. The molecule has 0 aromatic carbocycles. The highest BCUT2D eigenvalue weighted by Gasteiger charge is 2.36. The zero-order valence-electron chi connectivity index (χ0n) is 12.5. The van der Waals surface area contributed by atoms with Crippen molar-refractivity contribution in [1.82, 2.24) is 4.90 Å². The standard InChI is InChI=1S/C15H32N2O/c1-4-5-9-17(10-11-18)12-13-7-6-8-15(2,3)14(13)16/h13-14,18H,4-12,16H2,1-3H3. The van der Waals surface area contributed by atoms with Crippen molar-refractivity contribution < 1.29 is 5.11 Å². The van der Waals surface area contributed by atoms with Crippen LogP contribution in [0.25, 0.3) is 0 Å². The van der Waals surface area contributed by atoms with Crippen molar-refractivity contribution in [2.45, 2.75) is 58.9 Å². The highest BCUT2D eigenvalue weighted by molar-refractivity contribution is 4.92. The normalized spacial score (nSPS) is 27.7. The maximum atomic E-state index is 9.16. The summed E-state index contributed by atoms with van der Waals surface area (Å²) in [5.41, 5.74) is 6.72. The summed E-state index contributed by atoms with van der Waals surface area (Å²) >= 11 is 0. The molecular formula is C15H32N2O. The Morgan fingerprint density at radius 3 is 2.67 bits per heavy atom. The van der Waals surface area contributed by atoms with Gasteiger partial charge in [0.25, 0.3) is 0 Å². The van der Waals surface area contributed by atoms with Crippen molar-refractivity contribution in [3.8, 4) is 0 Å². The monoisotopic (exact) mass is 256 g/mol.